The zero-order chi connectivity index (χ0) is 13.1. The summed E-state index contributed by atoms with van der Waals surface area (Å²) in [5.74, 6) is 1.89. The number of likely N-dealkylation sites (tertiary alicyclic amines) is 1. The molecule has 3 unspecified atom stereocenters. The summed E-state index contributed by atoms with van der Waals surface area (Å²) in [6, 6.07) is 4.54. The van der Waals surface area contributed by atoms with Gasteiger partial charge in [-0.2, -0.15) is 0 Å². The molecule has 0 aromatic carbocycles. The van der Waals surface area contributed by atoms with Crippen molar-refractivity contribution < 1.29 is 0 Å². The SMILES string of the molecule is NCC(c1cccnc1)N1CCC2CCCCC2C1. The van der Waals surface area contributed by atoms with E-state index in [1.165, 1.54) is 50.8 Å². The summed E-state index contributed by atoms with van der Waals surface area (Å²) in [6.45, 7) is 3.14. The van der Waals surface area contributed by atoms with Crippen molar-refractivity contribution in [2.75, 3.05) is 19.6 Å². The summed E-state index contributed by atoms with van der Waals surface area (Å²) < 4.78 is 0. The van der Waals surface area contributed by atoms with Crippen molar-refractivity contribution in [1.82, 2.24) is 9.88 Å². The van der Waals surface area contributed by atoms with Gasteiger partial charge >= 0.3 is 0 Å². The highest BCUT2D eigenvalue weighted by molar-refractivity contribution is 5.15. The number of pyridine rings is 1. The van der Waals surface area contributed by atoms with E-state index in [0.717, 1.165) is 11.8 Å². The third kappa shape index (κ3) is 2.82. The van der Waals surface area contributed by atoms with E-state index in [1.807, 2.05) is 18.5 Å². The Morgan fingerprint density at radius 1 is 1.26 bits per heavy atom. The molecule has 2 heterocycles. The van der Waals surface area contributed by atoms with Gasteiger partial charge in [0.05, 0.1) is 0 Å². The second kappa shape index (κ2) is 6.02. The molecule has 0 amide bonds. The van der Waals surface area contributed by atoms with Gasteiger partial charge in [0, 0.05) is 31.5 Å². The highest BCUT2D eigenvalue weighted by Crippen LogP contribution is 2.38. The zero-order valence-corrected chi connectivity index (χ0v) is 11.7. The van der Waals surface area contributed by atoms with Crippen LogP contribution in [0.2, 0.25) is 0 Å². The van der Waals surface area contributed by atoms with Gasteiger partial charge in [0.2, 0.25) is 0 Å². The maximum Gasteiger partial charge on any atom is 0.0485 e. The third-order valence-corrected chi connectivity index (χ3v) is 5.06. The number of hydrogen-bond donors (Lipinski definition) is 1. The molecule has 1 aliphatic heterocycles. The molecule has 0 bridgehead atoms. The fourth-order valence-electron chi connectivity index (χ4n) is 3.98. The molecule has 2 aliphatic rings. The van der Waals surface area contributed by atoms with Gasteiger partial charge in [0.25, 0.3) is 0 Å². The second-order valence-corrected chi connectivity index (χ2v) is 6.13. The van der Waals surface area contributed by atoms with E-state index in [0.29, 0.717) is 12.6 Å². The van der Waals surface area contributed by atoms with E-state index in [4.69, 9.17) is 5.73 Å². The van der Waals surface area contributed by atoms with Crippen LogP contribution < -0.4 is 5.73 Å². The number of piperidine rings is 1. The van der Waals surface area contributed by atoms with Crippen LogP contribution in [0.1, 0.15) is 43.7 Å². The van der Waals surface area contributed by atoms with E-state index in [2.05, 4.69) is 16.0 Å². The van der Waals surface area contributed by atoms with Gasteiger partial charge in [0.1, 0.15) is 0 Å². The minimum atomic E-state index is 0.358. The van der Waals surface area contributed by atoms with Crippen molar-refractivity contribution in [3.05, 3.63) is 30.1 Å². The Morgan fingerprint density at radius 3 is 2.84 bits per heavy atom. The number of nitrogens with zero attached hydrogens (tertiary/aromatic N) is 2. The first kappa shape index (κ1) is 13.1. The highest BCUT2D eigenvalue weighted by Gasteiger charge is 2.33. The summed E-state index contributed by atoms with van der Waals surface area (Å²) in [5, 5.41) is 0. The van der Waals surface area contributed by atoms with E-state index < -0.39 is 0 Å². The van der Waals surface area contributed by atoms with E-state index >= 15 is 0 Å². The Kier molecular flexibility index (Phi) is 4.14. The maximum atomic E-state index is 6.03. The van der Waals surface area contributed by atoms with Crippen molar-refractivity contribution in [2.24, 2.45) is 17.6 Å². The molecule has 0 spiro atoms. The van der Waals surface area contributed by atoms with Crippen LogP contribution in [0.25, 0.3) is 0 Å². The Bertz CT molecular complexity index is 392. The van der Waals surface area contributed by atoms with Crippen LogP contribution in [-0.4, -0.2) is 29.5 Å². The maximum absolute atomic E-state index is 6.03. The van der Waals surface area contributed by atoms with Crippen LogP contribution >= 0.6 is 0 Å². The zero-order valence-electron chi connectivity index (χ0n) is 11.7. The molecule has 3 heteroatoms. The number of hydrogen-bond acceptors (Lipinski definition) is 3. The Labute approximate surface area is 116 Å². The molecule has 1 aliphatic carbocycles. The van der Waals surface area contributed by atoms with Crippen molar-refractivity contribution in [2.45, 2.75) is 38.1 Å². The monoisotopic (exact) mass is 259 g/mol. The molecule has 1 aromatic rings. The molecule has 104 valence electrons. The fraction of sp³-hybridized carbons (Fsp3) is 0.688. The fourth-order valence-corrected chi connectivity index (χ4v) is 3.98. The van der Waals surface area contributed by atoms with Gasteiger partial charge in [-0.05, 0) is 42.9 Å². The topological polar surface area (TPSA) is 42.1 Å². The van der Waals surface area contributed by atoms with E-state index in [-0.39, 0.29) is 0 Å². The van der Waals surface area contributed by atoms with Crippen molar-refractivity contribution in [1.29, 1.82) is 0 Å². The lowest BCUT2D eigenvalue weighted by molar-refractivity contribution is 0.0585. The largest absolute Gasteiger partial charge is 0.329 e. The summed E-state index contributed by atoms with van der Waals surface area (Å²) in [7, 11) is 0. The van der Waals surface area contributed by atoms with E-state index in [1.54, 1.807) is 0 Å². The quantitative estimate of drug-likeness (QED) is 0.907. The first-order chi connectivity index (χ1) is 9.38. The molecule has 2 fully saturated rings. The predicted octanol–water partition coefficient (Wildman–Crippen LogP) is 2.59. The first-order valence-corrected chi connectivity index (χ1v) is 7.72. The molecule has 1 aromatic heterocycles. The van der Waals surface area contributed by atoms with E-state index in [9.17, 15) is 0 Å². The van der Waals surface area contributed by atoms with Crippen LogP contribution in [0, 0.1) is 11.8 Å². The second-order valence-electron chi connectivity index (χ2n) is 6.13. The van der Waals surface area contributed by atoms with Crippen molar-refractivity contribution in [3.8, 4) is 0 Å². The van der Waals surface area contributed by atoms with Crippen LogP contribution in [0.15, 0.2) is 24.5 Å². The molecule has 3 atom stereocenters. The summed E-state index contributed by atoms with van der Waals surface area (Å²) in [5.41, 5.74) is 7.31. The average molecular weight is 259 g/mol. The minimum absolute atomic E-state index is 0.358. The van der Waals surface area contributed by atoms with Gasteiger partial charge in [-0.15, -0.1) is 0 Å². The molecule has 19 heavy (non-hydrogen) atoms. The molecule has 0 radical (unpaired) electrons. The van der Waals surface area contributed by atoms with Gasteiger partial charge in [0.15, 0.2) is 0 Å². The van der Waals surface area contributed by atoms with Crippen LogP contribution in [0.5, 0.6) is 0 Å². The van der Waals surface area contributed by atoms with Crippen LogP contribution in [0.4, 0.5) is 0 Å². The Morgan fingerprint density at radius 2 is 2.11 bits per heavy atom. The standard InChI is InChI=1S/C16H25N3/c17-10-16(14-6-3-8-18-11-14)19-9-7-13-4-1-2-5-15(13)12-19/h3,6,8,11,13,15-16H,1-2,4-5,7,9-10,12,17H2. The Balaban J connectivity index is 1.70. The van der Waals surface area contributed by atoms with Gasteiger partial charge in [-0.1, -0.05) is 25.3 Å². The van der Waals surface area contributed by atoms with Gasteiger partial charge in [-0.25, -0.2) is 0 Å². The highest BCUT2D eigenvalue weighted by atomic mass is 15.2. The van der Waals surface area contributed by atoms with Crippen molar-refractivity contribution in [3.63, 3.8) is 0 Å². The minimum Gasteiger partial charge on any atom is -0.329 e. The lowest BCUT2D eigenvalue weighted by Gasteiger charge is -2.44. The smallest absolute Gasteiger partial charge is 0.0485 e. The molecule has 1 saturated carbocycles. The molecular formula is C16H25N3. The Hall–Kier alpha value is -0.930. The molecular weight excluding hydrogens is 234 g/mol. The van der Waals surface area contributed by atoms with Gasteiger partial charge < -0.3 is 5.73 Å². The summed E-state index contributed by atoms with van der Waals surface area (Å²) >= 11 is 0. The molecule has 3 rings (SSSR count). The lowest BCUT2D eigenvalue weighted by atomic mass is 9.74. The van der Waals surface area contributed by atoms with Gasteiger partial charge in [-0.3, -0.25) is 9.88 Å². The average Bonchev–Trinajstić information content (AvgIpc) is 2.49. The summed E-state index contributed by atoms with van der Waals surface area (Å²) in [6.07, 6.45) is 10.9. The predicted molar refractivity (Wildman–Crippen MR) is 77.7 cm³/mol. The number of aromatic nitrogens is 1. The summed E-state index contributed by atoms with van der Waals surface area (Å²) in [4.78, 5) is 6.85. The van der Waals surface area contributed by atoms with Crippen LogP contribution in [0.3, 0.4) is 0 Å². The number of rotatable bonds is 3. The first-order valence-electron chi connectivity index (χ1n) is 7.72. The van der Waals surface area contributed by atoms with Crippen LogP contribution in [-0.2, 0) is 0 Å². The number of nitrogens with two attached hydrogens (primary N) is 1. The molecule has 1 saturated heterocycles. The lowest BCUT2D eigenvalue weighted by Crippen LogP contribution is -2.45. The molecule has 2 N–H and O–H groups in total. The molecule has 3 nitrogen and oxygen atoms in total. The number of fused-ring (bicyclic) bond motifs is 1. The normalized spacial score (nSPS) is 29.7. The third-order valence-electron chi connectivity index (χ3n) is 5.06. The van der Waals surface area contributed by atoms with Crippen molar-refractivity contribution >= 4 is 0 Å².